The summed E-state index contributed by atoms with van der Waals surface area (Å²) in [6, 6.07) is 4.92. The largest absolute Gasteiger partial charge is 0.478 e. The van der Waals surface area contributed by atoms with Crippen LogP contribution in [0.4, 0.5) is 0 Å². The lowest BCUT2D eigenvalue weighted by Crippen LogP contribution is -2.21. The molecule has 0 saturated carbocycles. The SMILES string of the molecule is O=C(O)c1ccc2nnn(CCCN3CCCC3)c2c1. The zero-order valence-electron chi connectivity index (χ0n) is 11.3. The Bertz CT molecular complexity index is 617. The van der Waals surface area contributed by atoms with E-state index in [1.807, 2.05) is 0 Å². The van der Waals surface area contributed by atoms with Crippen LogP contribution in [0.1, 0.15) is 29.6 Å². The first kappa shape index (κ1) is 13.1. The Hall–Kier alpha value is -1.95. The number of rotatable bonds is 5. The molecular weight excluding hydrogens is 256 g/mol. The maximum Gasteiger partial charge on any atom is 0.335 e. The lowest BCUT2D eigenvalue weighted by Gasteiger charge is -2.13. The van der Waals surface area contributed by atoms with E-state index >= 15 is 0 Å². The summed E-state index contributed by atoms with van der Waals surface area (Å²) in [6.07, 6.45) is 3.61. The Morgan fingerprint density at radius 3 is 2.80 bits per heavy atom. The van der Waals surface area contributed by atoms with E-state index in [9.17, 15) is 4.79 Å². The summed E-state index contributed by atoms with van der Waals surface area (Å²) < 4.78 is 1.80. The number of aromatic carboxylic acids is 1. The van der Waals surface area contributed by atoms with Crippen LogP contribution in [0.3, 0.4) is 0 Å². The van der Waals surface area contributed by atoms with Gasteiger partial charge in [-0.05, 0) is 57.1 Å². The molecule has 3 rings (SSSR count). The number of carboxylic acid groups (broad SMARTS) is 1. The normalized spacial score (nSPS) is 16.0. The smallest absolute Gasteiger partial charge is 0.335 e. The number of benzene rings is 1. The number of carbonyl (C=O) groups is 1. The maximum atomic E-state index is 11.0. The summed E-state index contributed by atoms with van der Waals surface area (Å²) in [5.74, 6) is -0.920. The van der Waals surface area contributed by atoms with Crippen LogP contribution in [0.2, 0.25) is 0 Å². The van der Waals surface area contributed by atoms with Crippen LogP contribution in [0.5, 0.6) is 0 Å². The van der Waals surface area contributed by atoms with E-state index in [-0.39, 0.29) is 5.56 Å². The Balaban J connectivity index is 1.70. The van der Waals surface area contributed by atoms with Crippen LogP contribution in [0.15, 0.2) is 18.2 Å². The molecule has 1 aromatic heterocycles. The second-order valence-electron chi connectivity index (χ2n) is 5.22. The second kappa shape index (κ2) is 5.58. The molecule has 1 N–H and O–H groups in total. The maximum absolute atomic E-state index is 11.0. The molecule has 0 aliphatic carbocycles. The molecular formula is C14H18N4O2. The fraction of sp³-hybridized carbons (Fsp3) is 0.500. The van der Waals surface area contributed by atoms with Gasteiger partial charge in [0.15, 0.2) is 0 Å². The molecule has 0 atom stereocenters. The minimum Gasteiger partial charge on any atom is -0.478 e. The monoisotopic (exact) mass is 274 g/mol. The number of hydrogen-bond acceptors (Lipinski definition) is 4. The van der Waals surface area contributed by atoms with Gasteiger partial charge in [0, 0.05) is 6.54 Å². The highest BCUT2D eigenvalue weighted by molar-refractivity contribution is 5.92. The van der Waals surface area contributed by atoms with Crippen molar-refractivity contribution in [3.63, 3.8) is 0 Å². The lowest BCUT2D eigenvalue weighted by molar-refractivity contribution is 0.0697. The highest BCUT2D eigenvalue weighted by atomic mass is 16.4. The van der Waals surface area contributed by atoms with Gasteiger partial charge in [0.2, 0.25) is 0 Å². The fourth-order valence-electron chi connectivity index (χ4n) is 2.71. The van der Waals surface area contributed by atoms with Gasteiger partial charge in [0.25, 0.3) is 0 Å². The van der Waals surface area contributed by atoms with Crippen molar-refractivity contribution in [2.75, 3.05) is 19.6 Å². The predicted molar refractivity (Wildman–Crippen MR) is 74.8 cm³/mol. The molecule has 0 bridgehead atoms. The second-order valence-corrected chi connectivity index (χ2v) is 5.22. The molecule has 2 aromatic rings. The van der Waals surface area contributed by atoms with E-state index in [1.165, 1.54) is 25.9 Å². The highest BCUT2D eigenvalue weighted by Crippen LogP contribution is 2.14. The van der Waals surface area contributed by atoms with Gasteiger partial charge >= 0.3 is 5.97 Å². The highest BCUT2D eigenvalue weighted by Gasteiger charge is 2.12. The zero-order valence-corrected chi connectivity index (χ0v) is 11.3. The Labute approximate surface area is 117 Å². The number of aromatic nitrogens is 3. The van der Waals surface area contributed by atoms with Crippen LogP contribution in [-0.2, 0) is 6.54 Å². The van der Waals surface area contributed by atoms with Crippen molar-refractivity contribution < 1.29 is 9.90 Å². The number of carboxylic acids is 1. The van der Waals surface area contributed by atoms with Gasteiger partial charge in [-0.25, -0.2) is 9.48 Å². The molecule has 1 fully saturated rings. The summed E-state index contributed by atoms with van der Waals surface area (Å²) in [6.45, 7) is 4.23. The van der Waals surface area contributed by atoms with E-state index in [0.29, 0.717) is 0 Å². The molecule has 106 valence electrons. The Morgan fingerprint density at radius 2 is 2.05 bits per heavy atom. The number of nitrogens with zero attached hydrogens (tertiary/aromatic N) is 4. The van der Waals surface area contributed by atoms with Crippen molar-refractivity contribution in [3.8, 4) is 0 Å². The first-order valence-electron chi connectivity index (χ1n) is 7.03. The van der Waals surface area contributed by atoms with Gasteiger partial charge in [-0.2, -0.15) is 0 Å². The average Bonchev–Trinajstić information content (AvgIpc) is 3.08. The number of aryl methyl sites for hydroxylation is 1. The van der Waals surface area contributed by atoms with E-state index in [4.69, 9.17) is 5.11 Å². The minimum atomic E-state index is -0.920. The molecule has 2 heterocycles. The summed E-state index contributed by atoms with van der Waals surface area (Å²) in [7, 11) is 0. The third-order valence-electron chi connectivity index (χ3n) is 3.80. The van der Waals surface area contributed by atoms with Crippen molar-refractivity contribution in [1.29, 1.82) is 0 Å². The van der Waals surface area contributed by atoms with Crippen LogP contribution in [0.25, 0.3) is 11.0 Å². The first-order chi connectivity index (χ1) is 9.74. The molecule has 1 aliphatic rings. The molecule has 0 amide bonds. The molecule has 0 radical (unpaired) electrons. The molecule has 0 unspecified atom stereocenters. The van der Waals surface area contributed by atoms with Gasteiger partial charge < -0.3 is 10.0 Å². The molecule has 0 spiro atoms. The number of hydrogen-bond donors (Lipinski definition) is 1. The minimum absolute atomic E-state index is 0.278. The van der Waals surface area contributed by atoms with Crippen LogP contribution < -0.4 is 0 Å². The summed E-state index contributed by atoms with van der Waals surface area (Å²) in [4.78, 5) is 13.5. The van der Waals surface area contributed by atoms with E-state index in [0.717, 1.165) is 30.5 Å². The zero-order chi connectivity index (χ0) is 13.9. The van der Waals surface area contributed by atoms with Crippen molar-refractivity contribution >= 4 is 17.0 Å². The lowest BCUT2D eigenvalue weighted by atomic mass is 10.2. The summed E-state index contributed by atoms with van der Waals surface area (Å²) >= 11 is 0. The topological polar surface area (TPSA) is 71.2 Å². The average molecular weight is 274 g/mol. The molecule has 1 saturated heterocycles. The third-order valence-corrected chi connectivity index (χ3v) is 3.80. The Morgan fingerprint density at radius 1 is 1.25 bits per heavy atom. The van der Waals surface area contributed by atoms with Crippen molar-refractivity contribution in [2.24, 2.45) is 0 Å². The fourth-order valence-corrected chi connectivity index (χ4v) is 2.71. The van der Waals surface area contributed by atoms with Crippen LogP contribution in [0, 0.1) is 0 Å². The molecule has 20 heavy (non-hydrogen) atoms. The van der Waals surface area contributed by atoms with Crippen LogP contribution in [-0.4, -0.2) is 50.6 Å². The Kier molecular flexibility index (Phi) is 3.64. The van der Waals surface area contributed by atoms with E-state index in [2.05, 4.69) is 15.2 Å². The van der Waals surface area contributed by atoms with Gasteiger partial charge in [-0.1, -0.05) is 5.21 Å². The molecule has 1 aromatic carbocycles. The summed E-state index contributed by atoms with van der Waals surface area (Å²) in [5, 5.41) is 17.2. The van der Waals surface area contributed by atoms with Crippen molar-refractivity contribution in [3.05, 3.63) is 23.8 Å². The van der Waals surface area contributed by atoms with E-state index < -0.39 is 5.97 Å². The first-order valence-corrected chi connectivity index (χ1v) is 7.03. The van der Waals surface area contributed by atoms with Gasteiger partial charge in [0.05, 0.1) is 11.1 Å². The molecule has 6 nitrogen and oxygen atoms in total. The third kappa shape index (κ3) is 2.65. The quantitative estimate of drug-likeness (QED) is 0.897. The van der Waals surface area contributed by atoms with Crippen molar-refractivity contribution in [2.45, 2.75) is 25.8 Å². The predicted octanol–water partition coefficient (Wildman–Crippen LogP) is 1.62. The number of fused-ring (bicyclic) bond motifs is 1. The van der Waals surface area contributed by atoms with Gasteiger partial charge in [-0.3, -0.25) is 0 Å². The van der Waals surface area contributed by atoms with Gasteiger partial charge in [-0.15, -0.1) is 5.10 Å². The van der Waals surface area contributed by atoms with Crippen molar-refractivity contribution in [1.82, 2.24) is 19.9 Å². The number of likely N-dealkylation sites (tertiary alicyclic amines) is 1. The van der Waals surface area contributed by atoms with Crippen LogP contribution >= 0.6 is 0 Å². The molecule has 1 aliphatic heterocycles. The standard InChI is InChI=1S/C14H18N4O2/c19-14(20)11-4-5-12-13(10-11)18(16-15-12)9-3-8-17-6-1-2-7-17/h4-5,10H,1-3,6-9H2,(H,19,20). The van der Waals surface area contributed by atoms with Gasteiger partial charge in [0.1, 0.15) is 5.52 Å². The summed E-state index contributed by atoms with van der Waals surface area (Å²) in [5.41, 5.74) is 1.82. The molecule has 6 heteroatoms. The van der Waals surface area contributed by atoms with E-state index in [1.54, 1.807) is 22.9 Å².